The first-order valence-electron chi connectivity index (χ1n) is 8.71. The topological polar surface area (TPSA) is 65.0 Å². The van der Waals surface area contributed by atoms with Gasteiger partial charge in [0.05, 0.1) is 13.2 Å². The van der Waals surface area contributed by atoms with Gasteiger partial charge < -0.3 is 9.47 Å². The molecule has 5 heteroatoms. The van der Waals surface area contributed by atoms with E-state index in [1.807, 2.05) is 49.4 Å². The summed E-state index contributed by atoms with van der Waals surface area (Å²) in [7, 11) is 0. The molecule has 1 aromatic carbocycles. The van der Waals surface area contributed by atoms with Crippen LogP contribution in [0.4, 0.5) is 0 Å². The van der Waals surface area contributed by atoms with Crippen LogP contribution in [0.25, 0.3) is 0 Å². The van der Waals surface area contributed by atoms with Crippen molar-refractivity contribution >= 4 is 17.7 Å². The van der Waals surface area contributed by atoms with Crippen LogP contribution in [0.1, 0.15) is 32.8 Å². The molecule has 0 bridgehead atoms. The quantitative estimate of drug-likeness (QED) is 0.469. The molecule has 0 N–H and O–H groups in total. The molecule has 5 nitrogen and oxygen atoms in total. The molecule has 0 unspecified atom stereocenters. The molecule has 1 heterocycles. The number of nitrogens with zero attached hydrogens (tertiary/aromatic N) is 1. The molecule has 1 saturated carbocycles. The number of hydrogen-bond donors (Lipinski definition) is 0. The van der Waals surface area contributed by atoms with Gasteiger partial charge in [0.1, 0.15) is 5.54 Å². The summed E-state index contributed by atoms with van der Waals surface area (Å²) in [5.41, 5.74) is -1.49. The summed E-state index contributed by atoms with van der Waals surface area (Å²) in [6, 6.07) is 9.51. The minimum Gasteiger partial charge on any atom is -0.476 e. The van der Waals surface area contributed by atoms with E-state index in [0.29, 0.717) is 13.0 Å². The largest absolute Gasteiger partial charge is 0.476 e. The maximum atomic E-state index is 13.1. The first-order chi connectivity index (χ1) is 12.1. The lowest BCUT2D eigenvalue weighted by Gasteiger charge is -2.55. The molecule has 0 aromatic heterocycles. The second-order valence-electron chi connectivity index (χ2n) is 6.27. The van der Waals surface area contributed by atoms with Crippen LogP contribution in [0.5, 0.6) is 0 Å². The number of benzene rings is 1. The second kappa shape index (κ2) is 6.47. The summed E-state index contributed by atoms with van der Waals surface area (Å²) in [6.45, 7) is 6.00. The van der Waals surface area contributed by atoms with Gasteiger partial charge in [0.25, 0.3) is 5.90 Å². The van der Waals surface area contributed by atoms with Crippen molar-refractivity contribution in [3.05, 3.63) is 48.0 Å². The number of carbonyl (C=O) groups is 2. The molecule has 0 saturated heterocycles. The Labute approximate surface area is 147 Å². The highest BCUT2D eigenvalue weighted by Gasteiger charge is 2.78. The van der Waals surface area contributed by atoms with Gasteiger partial charge in [-0.15, -0.1) is 0 Å². The maximum Gasteiger partial charge on any atom is 0.323 e. The van der Waals surface area contributed by atoms with E-state index in [1.165, 1.54) is 0 Å². The number of carbonyl (C=O) groups excluding carboxylic acids is 2. The van der Waals surface area contributed by atoms with Gasteiger partial charge in [0.2, 0.25) is 5.78 Å². The SMILES string of the molecule is C/C=C/[C@H]1C[C@@]2(C(=O)OCC)C(=O)C(OCC)=N[C@@]12c1ccccc1. The van der Waals surface area contributed by atoms with Crippen molar-refractivity contribution in [2.45, 2.75) is 32.7 Å². The summed E-state index contributed by atoms with van der Waals surface area (Å²) in [6.07, 6.45) is 4.32. The fourth-order valence-corrected chi connectivity index (χ4v) is 4.13. The van der Waals surface area contributed by atoms with Gasteiger partial charge in [-0.3, -0.25) is 9.59 Å². The van der Waals surface area contributed by atoms with E-state index in [2.05, 4.69) is 0 Å². The molecule has 2 aliphatic rings. The average Bonchev–Trinajstić information content (AvgIpc) is 2.80. The molecule has 1 aromatic rings. The van der Waals surface area contributed by atoms with Crippen LogP contribution in [0, 0.1) is 11.3 Å². The number of fused-ring (bicyclic) bond motifs is 1. The van der Waals surface area contributed by atoms with Gasteiger partial charge >= 0.3 is 5.97 Å². The van der Waals surface area contributed by atoms with Crippen molar-refractivity contribution in [2.24, 2.45) is 16.3 Å². The van der Waals surface area contributed by atoms with Crippen LogP contribution < -0.4 is 0 Å². The van der Waals surface area contributed by atoms with Crippen molar-refractivity contribution in [1.82, 2.24) is 0 Å². The van der Waals surface area contributed by atoms with Gasteiger partial charge in [-0.2, -0.15) is 0 Å². The number of esters is 1. The van der Waals surface area contributed by atoms with Crippen LogP contribution >= 0.6 is 0 Å². The Balaban J connectivity index is 2.22. The Bertz CT molecular complexity index is 739. The van der Waals surface area contributed by atoms with Gasteiger partial charge in [-0.05, 0) is 32.8 Å². The fraction of sp³-hybridized carbons (Fsp3) is 0.450. The van der Waals surface area contributed by atoms with Crippen LogP contribution in [-0.4, -0.2) is 30.9 Å². The Hall–Kier alpha value is -2.43. The predicted octanol–water partition coefficient (Wildman–Crippen LogP) is 3.05. The Kier molecular flexibility index (Phi) is 4.50. The third kappa shape index (κ3) is 2.18. The molecule has 1 aliphatic carbocycles. The van der Waals surface area contributed by atoms with Crippen LogP contribution in [0.2, 0.25) is 0 Å². The molecule has 0 spiro atoms. The van der Waals surface area contributed by atoms with E-state index in [4.69, 9.17) is 14.5 Å². The number of ether oxygens (including phenoxy) is 2. The number of ketones is 1. The molecular weight excluding hydrogens is 318 g/mol. The van der Waals surface area contributed by atoms with E-state index in [0.717, 1.165) is 5.56 Å². The smallest absolute Gasteiger partial charge is 0.323 e. The van der Waals surface area contributed by atoms with E-state index < -0.39 is 16.9 Å². The highest BCUT2D eigenvalue weighted by Crippen LogP contribution is 2.67. The molecular formula is C20H23NO4. The van der Waals surface area contributed by atoms with E-state index in [1.54, 1.807) is 13.8 Å². The zero-order valence-electron chi connectivity index (χ0n) is 14.8. The first kappa shape index (κ1) is 17.4. The lowest BCUT2D eigenvalue weighted by atomic mass is 9.46. The molecule has 0 radical (unpaired) electrons. The number of Topliss-reactive ketones (excluding diaryl/α,β-unsaturated/α-hetero) is 1. The number of allylic oxidation sites excluding steroid dienone is 1. The average molecular weight is 341 g/mol. The maximum absolute atomic E-state index is 13.1. The molecule has 132 valence electrons. The summed E-state index contributed by atoms with van der Waals surface area (Å²) in [5.74, 6) is -0.905. The summed E-state index contributed by atoms with van der Waals surface area (Å²) >= 11 is 0. The monoisotopic (exact) mass is 341 g/mol. The predicted molar refractivity (Wildman–Crippen MR) is 94.2 cm³/mol. The van der Waals surface area contributed by atoms with E-state index >= 15 is 0 Å². The number of rotatable bonds is 5. The zero-order chi connectivity index (χ0) is 18.1. The minimum absolute atomic E-state index is 0.0337. The Morgan fingerprint density at radius 2 is 2.00 bits per heavy atom. The zero-order valence-corrected chi connectivity index (χ0v) is 14.8. The summed E-state index contributed by atoms with van der Waals surface area (Å²) < 4.78 is 10.8. The number of aliphatic imine (C=N–C) groups is 1. The van der Waals surface area contributed by atoms with Gasteiger partial charge in [0.15, 0.2) is 5.41 Å². The van der Waals surface area contributed by atoms with E-state index in [9.17, 15) is 9.59 Å². The van der Waals surface area contributed by atoms with Gasteiger partial charge in [0, 0.05) is 5.92 Å². The molecule has 0 amide bonds. The fourth-order valence-electron chi connectivity index (χ4n) is 4.13. The highest BCUT2D eigenvalue weighted by molar-refractivity contribution is 6.45. The van der Waals surface area contributed by atoms with Crippen molar-refractivity contribution in [1.29, 1.82) is 0 Å². The first-order valence-corrected chi connectivity index (χ1v) is 8.71. The van der Waals surface area contributed by atoms with Crippen molar-refractivity contribution < 1.29 is 19.1 Å². The van der Waals surface area contributed by atoms with Crippen molar-refractivity contribution in [2.75, 3.05) is 13.2 Å². The van der Waals surface area contributed by atoms with Crippen LogP contribution in [-0.2, 0) is 24.6 Å². The molecule has 25 heavy (non-hydrogen) atoms. The lowest BCUT2D eigenvalue weighted by Crippen LogP contribution is -2.65. The standard InChI is InChI=1S/C20H23NO4/c1-4-10-15-13-19(18(23)25-6-3)16(22)17(24-5-2)21-20(15,19)14-11-8-7-9-12-14/h4,7-12,15H,5-6,13H2,1-3H3/b10-4+/t15-,19-,20-/m0/s1. The molecule has 3 atom stereocenters. The van der Waals surface area contributed by atoms with Crippen molar-refractivity contribution in [3.8, 4) is 0 Å². The molecule has 1 fully saturated rings. The van der Waals surface area contributed by atoms with Crippen molar-refractivity contribution in [3.63, 3.8) is 0 Å². The van der Waals surface area contributed by atoms with Crippen LogP contribution in [0.3, 0.4) is 0 Å². The molecule has 1 aliphatic heterocycles. The third-order valence-corrected chi connectivity index (χ3v) is 5.12. The number of hydrogen-bond acceptors (Lipinski definition) is 5. The Morgan fingerprint density at radius 1 is 1.28 bits per heavy atom. The summed E-state index contributed by atoms with van der Waals surface area (Å²) in [4.78, 5) is 30.8. The van der Waals surface area contributed by atoms with E-state index in [-0.39, 0.29) is 24.2 Å². The third-order valence-electron chi connectivity index (χ3n) is 5.12. The normalized spacial score (nSPS) is 30.6. The lowest BCUT2D eigenvalue weighted by molar-refractivity contribution is -0.176. The highest BCUT2D eigenvalue weighted by atomic mass is 16.5. The molecule has 3 rings (SSSR count). The van der Waals surface area contributed by atoms with Gasteiger partial charge in [-0.25, -0.2) is 4.99 Å². The van der Waals surface area contributed by atoms with Gasteiger partial charge in [-0.1, -0.05) is 42.5 Å². The second-order valence-corrected chi connectivity index (χ2v) is 6.27. The Morgan fingerprint density at radius 3 is 2.60 bits per heavy atom. The minimum atomic E-state index is -1.33. The summed E-state index contributed by atoms with van der Waals surface area (Å²) in [5, 5.41) is 0. The van der Waals surface area contributed by atoms with Crippen LogP contribution in [0.15, 0.2) is 47.5 Å².